The SMILES string of the molecule is COc1ccc(CCC(C)(C)CCNC2CC2)c(F)c1. The third kappa shape index (κ3) is 4.78. The Bertz CT molecular complexity index is 441. The van der Waals surface area contributed by atoms with E-state index in [4.69, 9.17) is 4.74 Å². The molecule has 1 fully saturated rings. The number of ether oxygens (including phenoxy) is 1. The summed E-state index contributed by atoms with van der Waals surface area (Å²) in [4.78, 5) is 0. The van der Waals surface area contributed by atoms with Gasteiger partial charge in [-0.1, -0.05) is 19.9 Å². The zero-order chi connectivity index (χ0) is 14.6. The number of methoxy groups -OCH3 is 1. The first-order chi connectivity index (χ1) is 9.50. The second-order valence-electron chi connectivity index (χ2n) is 6.60. The highest BCUT2D eigenvalue weighted by atomic mass is 19.1. The van der Waals surface area contributed by atoms with Crippen LogP contribution in [0.2, 0.25) is 0 Å². The van der Waals surface area contributed by atoms with Gasteiger partial charge in [-0.15, -0.1) is 0 Å². The van der Waals surface area contributed by atoms with E-state index in [-0.39, 0.29) is 11.2 Å². The fourth-order valence-electron chi connectivity index (χ4n) is 2.36. The third-order valence-electron chi connectivity index (χ3n) is 4.14. The summed E-state index contributed by atoms with van der Waals surface area (Å²) in [6.45, 7) is 5.61. The fraction of sp³-hybridized carbons (Fsp3) is 0.647. The molecule has 112 valence electrons. The molecule has 1 aliphatic carbocycles. The van der Waals surface area contributed by atoms with Crippen molar-refractivity contribution in [1.82, 2.24) is 5.32 Å². The maximum Gasteiger partial charge on any atom is 0.130 e. The summed E-state index contributed by atoms with van der Waals surface area (Å²) in [5.41, 5.74) is 1.03. The highest BCUT2D eigenvalue weighted by Gasteiger charge is 2.23. The van der Waals surface area contributed by atoms with Gasteiger partial charge in [0, 0.05) is 12.1 Å². The van der Waals surface area contributed by atoms with E-state index in [1.807, 2.05) is 12.1 Å². The van der Waals surface area contributed by atoms with Gasteiger partial charge in [0.05, 0.1) is 7.11 Å². The molecule has 0 aliphatic heterocycles. The number of aryl methyl sites for hydroxylation is 1. The Morgan fingerprint density at radius 1 is 1.30 bits per heavy atom. The standard InChI is InChI=1S/C17H26FNO/c1-17(2,10-11-19-14-5-6-14)9-8-13-4-7-15(20-3)12-16(13)18/h4,7,12,14,19H,5-6,8-11H2,1-3H3. The van der Waals surface area contributed by atoms with Crippen LogP contribution in [0.3, 0.4) is 0 Å². The molecule has 0 heterocycles. The van der Waals surface area contributed by atoms with Crippen LogP contribution in [0.25, 0.3) is 0 Å². The van der Waals surface area contributed by atoms with Crippen LogP contribution in [-0.4, -0.2) is 19.7 Å². The van der Waals surface area contributed by atoms with Crippen molar-refractivity contribution in [1.29, 1.82) is 0 Å². The van der Waals surface area contributed by atoms with E-state index in [9.17, 15) is 4.39 Å². The summed E-state index contributed by atoms with van der Waals surface area (Å²) in [6, 6.07) is 5.91. The van der Waals surface area contributed by atoms with Crippen molar-refractivity contribution < 1.29 is 9.13 Å². The first kappa shape index (κ1) is 15.3. The summed E-state index contributed by atoms with van der Waals surface area (Å²) in [5, 5.41) is 3.55. The number of hydrogen-bond donors (Lipinski definition) is 1. The van der Waals surface area contributed by atoms with E-state index < -0.39 is 0 Å². The van der Waals surface area contributed by atoms with Gasteiger partial charge in [-0.2, -0.15) is 0 Å². The second-order valence-corrected chi connectivity index (χ2v) is 6.60. The van der Waals surface area contributed by atoms with Crippen molar-refractivity contribution in [2.24, 2.45) is 5.41 Å². The number of nitrogens with one attached hydrogen (secondary N) is 1. The van der Waals surface area contributed by atoms with Gasteiger partial charge in [0.1, 0.15) is 11.6 Å². The Labute approximate surface area is 121 Å². The Morgan fingerprint density at radius 2 is 2.05 bits per heavy atom. The molecule has 2 nitrogen and oxygen atoms in total. The van der Waals surface area contributed by atoms with Crippen LogP contribution in [-0.2, 0) is 6.42 Å². The normalized spacial score (nSPS) is 15.4. The molecule has 3 heteroatoms. The van der Waals surface area contributed by atoms with Gasteiger partial charge in [-0.25, -0.2) is 4.39 Å². The Morgan fingerprint density at radius 3 is 2.65 bits per heavy atom. The van der Waals surface area contributed by atoms with Gasteiger partial charge in [-0.05, 0) is 55.7 Å². The molecule has 0 atom stereocenters. The maximum atomic E-state index is 13.9. The lowest BCUT2D eigenvalue weighted by Gasteiger charge is -2.25. The summed E-state index contributed by atoms with van der Waals surface area (Å²) < 4.78 is 18.9. The molecule has 1 aromatic rings. The molecule has 0 bridgehead atoms. The second kappa shape index (κ2) is 6.57. The van der Waals surface area contributed by atoms with E-state index in [1.165, 1.54) is 18.9 Å². The average Bonchev–Trinajstić information content (AvgIpc) is 3.21. The van der Waals surface area contributed by atoms with Gasteiger partial charge in [0.15, 0.2) is 0 Å². The molecule has 1 N–H and O–H groups in total. The van der Waals surface area contributed by atoms with Gasteiger partial charge >= 0.3 is 0 Å². The minimum atomic E-state index is -0.156. The highest BCUT2D eigenvalue weighted by Crippen LogP contribution is 2.28. The molecular formula is C17H26FNO. The predicted molar refractivity (Wildman–Crippen MR) is 80.7 cm³/mol. The van der Waals surface area contributed by atoms with Crippen molar-refractivity contribution in [2.45, 2.75) is 52.0 Å². The zero-order valence-corrected chi connectivity index (χ0v) is 12.8. The van der Waals surface area contributed by atoms with E-state index in [0.717, 1.165) is 37.4 Å². The summed E-state index contributed by atoms with van der Waals surface area (Å²) >= 11 is 0. The molecule has 0 aromatic heterocycles. The highest BCUT2D eigenvalue weighted by molar-refractivity contribution is 5.29. The Kier molecular flexibility index (Phi) is 5.03. The number of rotatable bonds is 8. The van der Waals surface area contributed by atoms with Gasteiger partial charge < -0.3 is 10.1 Å². The van der Waals surface area contributed by atoms with Crippen LogP contribution in [0.4, 0.5) is 4.39 Å². The van der Waals surface area contributed by atoms with Crippen molar-refractivity contribution in [2.75, 3.05) is 13.7 Å². The van der Waals surface area contributed by atoms with Crippen LogP contribution >= 0.6 is 0 Å². The molecule has 1 saturated carbocycles. The van der Waals surface area contributed by atoms with Crippen molar-refractivity contribution in [3.05, 3.63) is 29.6 Å². The smallest absolute Gasteiger partial charge is 0.130 e. The molecule has 0 saturated heterocycles. The molecule has 1 aliphatic rings. The monoisotopic (exact) mass is 279 g/mol. The molecule has 0 amide bonds. The zero-order valence-electron chi connectivity index (χ0n) is 12.8. The minimum Gasteiger partial charge on any atom is -0.497 e. The largest absolute Gasteiger partial charge is 0.497 e. The predicted octanol–water partition coefficient (Wildman–Crippen LogP) is 3.94. The number of halogens is 1. The van der Waals surface area contributed by atoms with Crippen LogP contribution in [0.1, 0.15) is 45.1 Å². The van der Waals surface area contributed by atoms with E-state index in [2.05, 4.69) is 19.2 Å². The van der Waals surface area contributed by atoms with E-state index in [0.29, 0.717) is 5.75 Å². The van der Waals surface area contributed by atoms with Crippen molar-refractivity contribution >= 4 is 0 Å². The maximum absolute atomic E-state index is 13.9. The minimum absolute atomic E-state index is 0.156. The molecule has 1 aromatic carbocycles. The molecule has 2 rings (SSSR count). The molecule has 20 heavy (non-hydrogen) atoms. The van der Waals surface area contributed by atoms with Crippen LogP contribution in [0.15, 0.2) is 18.2 Å². The van der Waals surface area contributed by atoms with Gasteiger partial charge in [-0.3, -0.25) is 0 Å². The first-order valence-corrected chi connectivity index (χ1v) is 7.56. The summed E-state index contributed by atoms with van der Waals surface area (Å²) in [6.07, 6.45) is 5.59. The third-order valence-corrected chi connectivity index (χ3v) is 4.14. The van der Waals surface area contributed by atoms with Crippen LogP contribution in [0, 0.1) is 11.2 Å². The fourth-order valence-corrected chi connectivity index (χ4v) is 2.36. The summed E-state index contributed by atoms with van der Waals surface area (Å²) in [5.74, 6) is 0.426. The lowest BCUT2D eigenvalue weighted by atomic mass is 9.83. The van der Waals surface area contributed by atoms with Crippen molar-refractivity contribution in [3.63, 3.8) is 0 Å². The van der Waals surface area contributed by atoms with Crippen LogP contribution < -0.4 is 10.1 Å². The van der Waals surface area contributed by atoms with Gasteiger partial charge in [0.25, 0.3) is 0 Å². The van der Waals surface area contributed by atoms with Crippen molar-refractivity contribution in [3.8, 4) is 5.75 Å². The van der Waals surface area contributed by atoms with E-state index in [1.54, 1.807) is 7.11 Å². The lowest BCUT2D eigenvalue weighted by molar-refractivity contribution is 0.300. The van der Waals surface area contributed by atoms with E-state index >= 15 is 0 Å². The Hall–Kier alpha value is -1.09. The first-order valence-electron chi connectivity index (χ1n) is 7.56. The number of benzene rings is 1. The summed E-state index contributed by atoms with van der Waals surface area (Å²) in [7, 11) is 1.56. The number of hydrogen-bond acceptors (Lipinski definition) is 2. The Balaban J connectivity index is 1.79. The van der Waals surface area contributed by atoms with Gasteiger partial charge in [0.2, 0.25) is 0 Å². The molecule has 0 spiro atoms. The average molecular weight is 279 g/mol. The topological polar surface area (TPSA) is 21.3 Å². The van der Waals surface area contributed by atoms with Crippen LogP contribution in [0.5, 0.6) is 5.75 Å². The quantitative estimate of drug-likeness (QED) is 0.778. The molecule has 0 unspecified atom stereocenters. The molecular weight excluding hydrogens is 253 g/mol. The lowest BCUT2D eigenvalue weighted by Crippen LogP contribution is -2.24. The molecule has 0 radical (unpaired) electrons.